The van der Waals surface area contributed by atoms with Crippen molar-refractivity contribution in [2.45, 2.75) is 12.6 Å². The van der Waals surface area contributed by atoms with E-state index in [2.05, 4.69) is 4.90 Å². The molecule has 6 heteroatoms. The molecular formula is C14H20F3N3. The molecule has 2 rings (SSSR count). The second-order valence-electron chi connectivity index (χ2n) is 5.23. The minimum absolute atomic E-state index is 0.483. The van der Waals surface area contributed by atoms with Crippen molar-refractivity contribution in [3.63, 3.8) is 0 Å². The Morgan fingerprint density at radius 2 is 1.70 bits per heavy atom. The van der Waals surface area contributed by atoms with E-state index in [1.807, 2.05) is 24.3 Å². The molecule has 0 amide bonds. The Morgan fingerprint density at radius 3 is 2.30 bits per heavy atom. The van der Waals surface area contributed by atoms with Gasteiger partial charge in [0.25, 0.3) is 0 Å². The lowest BCUT2D eigenvalue weighted by Gasteiger charge is -2.34. The van der Waals surface area contributed by atoms with Crippen molar-refractivity contribution in [3.05, 3.63) is 29.8 Å². The van der Waals surface area contributed by atoms with Gasteiger partial charge in [0, 0.05) is 38.4 Å². The van der Waals surface area contributed by atoms with Crippen LogP contribution in [-0.4, -0.2) is 55.2 Å². The van der Waals surface area contributed by atoms with Crippen molar-refractivity contribution >= 4 is 5.69 Å². The molecule has 0 aromatic heterocycles. The molecule has 1 heterocycles. The second-order valence-corrected chi connectivity index (χ2v) is 5.23. The van der Waals surface area contributed by atoms with Crippen molar-refractivity contribution in [2.24, 2.45) is 0 Å². The van der Waals surface area contributed by atoms with Crippen LogP contribution >= 0.6 is 0 Å². The van der Waals surface area contributed by atoms with Crippen LogP contribution in [0.2, 0.25) is 0 Å². The monoisotopic (exact) mass is 287 g/mol. The van der Waals surface area contributed by atoms with E-state index in [9.17, 15) is 13.2 Å². The number of rotatable bonds is 4. The van der Waals surface area contributed by atoms with E-state index in [1.165, 1.54) is 10.5 Å². The number of piperazine rings is 1. The molecule has 1 aliphatic heterocycles. The van der Waals surface area contributed by atoms with Gasteiger partial charge in [0.15, 0.2) is 0 Å². The SMILES string of the molecule is Nc1cccc(CCN2CCN(CC(F)(F)F)CC2)c1. The predicted molar refractivity (Wildman–Crippen MR) is 73.5 cm³/mol. The zero-order valence-corrected chi connectivity index (χ0v) is 11.4. The second kappa shape index (κ2) is 6.45. The third kappa shape index (κ3) is 5.02. The minimum Gasteiger partial charge on any atom is -0.399 e. The van der Waals surface area contributed by atoms with Gasteiger partial charge in [-0.05, 0) is 24.1 Å². The number of hydrogen-bond donors (Lipinski definition) is 1. The van der Waals surface area contributed by atoms with Gasteiger partial charge in [-0.15, -0.1) is 0 Å². The van der Waals surface area contributed by atoms with Gasteiger partial charge >= 0.3 is 6.18 Å². The van der Waals surface area contributed by atoms with E-state index < -0.39 is 12.7 Å². The molecule has 0 bridgehead atoms. The maximum Gasteiger partial charge on any atom is 0.401 e. The summed E-state index contributed by atoms with van der Waals surface area (Å²) >= 11 is 0. The van der Waals surface area contributed by atoms with Gasteiger partial charge in [-0.25, -0.2) is 0 Å². The Hall–Kier alpha value is -1.27. The van der Waals surface area contributed by atoms with Crippen LogP contribution < -0.4 is 5.73 Å². The lowest BCUT2D eigenvalue weighted by molar-refractivity contribution is -0.149. The highest BCUT2D eigenvalue weighted by Gasteiger charge is 2.31. The van der Waals surface area contributed by atoms with Crippen LogP contribution in [-0.2, 0) is 6.42 Å². The fraction of sp³-hybridized carbons (Fsp3) is 0.571. The molecule has 1 aromatic carbocycles. The minimum atomic E-state index is -4.09. The Labute approximate surface area is 117 Å². The molecule has 0 spiro atoms. The van der Waals surface area contributed by atoms with Gasteiger partial charge in [-0.2, -0.15) is 13.2 Å². The first kappa shape index (κ1) is 15.1. The molecule has 3 nitrogen and oxygen atoms in total. The van der Waals surface area contributed by atoms with Crippen molar-refractivity contribution in [2.75, 3.05) is 45.0 Å². The van der Waals surface area contributed by atoms with E-state index in [4.69, 9.17) is 5.73 Å². The lowest BCUT2D eigenvalue weighted by atomic mass is 10.1. The zero-order chi connectivity index (χ0) is 14.6. The summed E-state index contributed by atoms with van der Waals surface area (Å²) in [6.07, 6.45) is -3.21. The lowest BCUT2D eigenvalue weighted by Crippen LogP contribution is -2.49. The molecule has 1 fully saturated rings. The number of nitrogen functional groups attached to an aromatic ring is 1. The first-order chi connectivity index (χ1) is 9.42. The molecular weight excluding hydrogens is 267 g/mol. The van der Waals surface area contributed by atoms with Gasteiger partial charge in [0.1, 0.15) is 0 Å². The number of nitrogens with zero attached hydrogens (tertiary/aromatic N) is 2. The summed E-state index contributed by atoms with van der Waals surface area (Å²) in [6, 6.07) is 7.74. The molecule has 20 heavy (non-hydrogen) atoms. The molecule has 112 valence electrons. The van der Waals surface area contributed by atoms with Crippen LogP contribution in [0.3, 0.4) is 0 Å². The third-order valence-corrected chi connectivity index (χ3v) is 3.54. The molecule has 0 radical (unpaired) electrons. The summed E-state index contributed by atoms with van der Waals surface area (Å²) in [5.74, 6) is 0. The van der Waals surface area contributed by atoms with Crippen LogP contribution in [0.25, 0.3) is 0 Å². The molecule has 0 unspecified atom stereocenters. The summed E-state index contributed by atoms with van der Waals surface area (Å²) < 4.78 is 36.8. The normalized spacial score (nSPS) is 18.4. The number of alkyl halides is 3. The largest absolute Gasteiger partial charge is 0.401 e. The molecule has 0 atom stereocenters. The smallest absolute Gasteiger partial charge is 0.399 e. The summed E-state index contributed by atoms with van der Waals surface area (Å²) in [6.45, 7) is 2.42. The van der Waals surface area contributed by atoms with Crippen LogP contribution in [0, 0.1) is 0 Å². The Morgan fingerprint density at radius 1 is 1.05 bits per heavy atom. The topological polar surface area (TPSA) is 32.5 Å². The van der Waals surface area contributed by atoms with Crippen molar-refractivity contribution in [3.8, 4) is 0 Å². The van der Waals surface area contributed by atoms with Crippen molar-refractivity contribution in [1.82, 2.24) is 9.80 Å². The van der Waals surface area contributed by atoms with Crippen LogP contribution in [0.5, 0.6) is 0 Å². The van der Waals surface area contributed by atoms with Gasteiger partial charge in [0.2, 0.25) is 0 Å². The molecule has 1 aliphatic rings. The highest BCUT2D eigenvalue weighted by molar-refractivity contribution is 5.40. The number of nitrogens with two attached hydrogens (primary N) is 1. The van der Waals surface area contributed by atoms with E-state index in [0.717, 1.165) is 18.7 Å². The molecule has 0 saturated carbocycles. The molecule has 1 saturated heterocycles. The van der Waals surface area contributed by atoms with Gasteiger partial charge in [0.05, 0.1) is 6.54 Å². The summed E-state index contributed by atoms with van der Waals surface area (Å²) in [4.78, 5) is 3.67. The number of hydrogen-bond acceptors (Lipinski definition) is 3. The maximum atomic E-state index is 12.3. The highest BCUT2D eigenvalue weighted by Crippen LogP contribution is 2.17. The number of anilines is 1. The zero-order valence-electron chi connectivity index (χ0n) is 11.4. The van der Waals surface area contributed by atoms with Crippen molar-refractivity contribution in [1.29, 1.82) is 0 Å². The Kier molecular flexibility index (Phi) is 4.88. The molecule has 2 N–H and O–H groups in total. The van der Waals surface area contributed by atoms with Gasteiger partial charge in [-0.3, -0.25) is 4.90 Å². The van der Waals surface area contributed by atoms with E-state index in [1.54, 1.807) is 0 Å². The van der Waals surface area contributed by atoms with Crippen LogP contribution in [0.1, 0.15) is 5.56 Å². The fourth-order valence-corrected chi connectivity index (χ4v) is 2.46. The Balaban J connectivity index is 1.72. The van der Waals surface area contributed by atoms with Crippen LogP contribution in [0.4, 0.5) is 18.9 Å². The third-order valence-electron chi connectivity index (χ3n) is 3.54. The number of benzene rings is 1. The van der Waals surface area contributed by atoms with E-state index in [0.29, 0.717) is 26.2 Å². The molecule has 0 aliphatic carbocycles. The van der Waals surface area contributed by atoms with E-state index >= 15 is 0 Å². The van der Waals surface area contributed by atoms with Crippen molar-refractivity contribution < 1.29 is 13.2 Å². The first-order valence-corrected chi connectivity index (χ1v) is 6.78. The molecule has 1 aromatic rings. The van der Waals surface area contributed by atoms with E-state index in [-0.39, 0.29) is 0 Å². The Bertz CT molecular complexity index is 426. The maximum absolute atomic E-state index is 12.3. The average molecular weight is 287 g/mol. The standard InChI is InChI=1S/C14H20F3N3/c15-14(16,17)11-20-8-6-19(7-9-20)5-4-12-2-1-3-13(18)10-12/h1-3,10H,4-9,11,18H2. The average Bonchev–Trinajstić information content (AvgIpc) is 2.36. The quantitative estimate of drug-likeness (QED) is 0.860. The summed E-state index contributed by atoms with van der Waals surface area (Å²) in [7, 11) is 0. The van der Waals surface area contributed by atoms with Gasteiger partial charge in [-0.1, -0.05) is 12.1 Å². The van der Waals surface area contributed by atoms with Gasteiger partial charge < -0.3 is 10.6 Å². The predicted octanol–water partition coefficient (Wildman–Crippen LogP) is 1.99. The number of halogens is 3. The highest BCUT2D eigenvalue weighted by atomic mass is 19.4. The summed E-state index contributed by atoms with van der Waals surface area (Å²) in [5.41, 5.74) is 7.63. The first-order valence-electron chi connectivity index (χ1n) is 6.78. The summed E-state index contributed by atoms with van der Waals surface area (Å²) in [5, 5.41) is 0. The fourth-order valence-electron chi connectivity index (χ4n) is 2.46. The van der Waals surface area contributed by atoms with Crippen LogP contribution in [0.15, 0.2) is 24.3 Å².